The zero-order valence-electron chi connectivity index (χ0n) is 13.1. The lowest BCUT2D eigenvalue weighted by atomic mass is 10.1. The van der Waals surface area contributed by atoms with E-state index in [9.17, 15) is 8.42 Å². The predicted molar refractivity (Wildman–Crippen MR) is 85.0 cm³/mol. The van der Waals surface area contributed by atoms with Crippen LogP contribution in [0, 0.1) is 13.8 Å². The van der Waals surface area contributed by atoms with Gasteiger partial charge in [-0.2, -0.15) is 0 Å². The Hall–Kier alpha value is -0.870. The number of rotatable bonds is 8. The summed E-state index contributed by atoms with van der Waals surface area (Å²) in [6.45, 7) is 9.09. The summed E-state index contributed by atoms with van der Waals surface area (Å²) in [5.41, 5.74) is 2.16. The molecule has 0 fully saturated rings. The molecule has 3 nitrogen and oxygen atoms in total. The molecule has 1 aromatic carbocycles. The van der Waals surface area contributed by atoms with Crippen LogP contribution in [0.25, 0.3) is 0 Å². The molecule has 1 unspecified atom stereocenters. The maximum absolute atomic E-state index is 12.3. The van der Waals surface area contributed by atoms with Crippen molar-refractivity contribution in [3.05, 3.63) is 29.3 Å². The third-order valence-corrected chi connectivity index (χ3v) is 5.59. The van der Waals surface area contributed by atoms with Gasteiger partial charge < -0.3 is 5.32 Å². The summed E-state index contributed by atoms with van der Waals surface area (Å²) in [7, 11) is -3.15. The van der Waals surface area contributed by atoms with Crippen LogP contribution in [-0.2, 0) is 9.84 Å². The lowest BCUT2D eigenvalue weighted by Crippen LogP contribution is -2.28. The third kappa shape index (κ3) is 4.91. The zero-order valence-corrected chi connectivity index (χ0v) is 13.9. The Morgan fingerprint density at radius 1 is 1.15 bits per heavy atom. The fourth-order valence-corrected chi connectivity index (χ4v) is 3.70. The standard InChI is InChI=1S/C16H27NO2S/c1-5-15(17-6-2)8-7-11-20(18,19)16-10-9-13(3)14(4)12-16/h9-10,12,15,17H,5-8,11H2,1-4H3. The van der Waals surface area contributed by atoms with E-state index in [4.69, 9.17) is 0 Å². The maximum atomic E-state index is 12.3. The van der Waals surface area contributed by atoms with Crippen LogP contribution in [0.1, 0.15) is 44.2 Å². The number of hydrogen-bond acceptors (Lipinski definition) is 3. The van der Waals surface area contributed by atoms with E-state index < -0.39 is 9.84 Å². The third-order valence-electron chi connectivity index (χ3n) is 3.79. The highest BCUT2D eigenvalue weighted by Crippen LogP contribution is 2.17. The highest BCUT2D eigenvalue weighted by Gasteiger charge is 2.15. The van der Waals surface area contributed by atoms with Gasteiger partial charge in [0, 0.05) is 6.04 Å². The van der Waals surface area contributed by atoms with Crippen molar-refractivity contribution in [3.8, 4) is 0 Å². The van der Waals surface area contributed by atoms with E-state index in [0.717, 1.165) is 30.5 Å². The number of nitrogens with one attached hydrogen (secondary N) is 1. The molecule has 0 spiro atoms. The van der Waals surface area contributed by atoms with Gasteiger partial charge in [0.05, 0.1) is 10.6 Å². The smallest absolute Gasteiger partial charge is 0.178 e. The van der Waals surface area contributed by atoms with Crippen LogP contribution in [-0.4, -0.2) is 26.8 Å². The van der Waals surface area contributed by atoms with Crippen molar-refractivity contribution in [2.45, 2.75) is 57.9 Å². The average molecular weight is 297 g/mol. The lowest BCUT2D eigenvalue weighted by molar-refractivity contribution is 0.475. The van der Waals surface area contributed by atoms with Gasteiger partial charge in [-0.1, -0.05) is 19.9 Å². The summed E-state index contributed by atoms with van der Waals surface area (Å²) in [5.74, 6) is 0.234. The molecule has 1 atom stereocenters. The van der Waals surface area contributed by atoms with Gasteiger partial charge in [-0.15, -0.1) is 0 Å². The molecule has 0 aliphatic heterocycles. The van der Waals surface area contributed by atoms with Crippen LogP contribution >= 0.6 is 0 Å². The molecule has 0 aliphatic carbocycles. The second-order valence-electron chi connectivity index (χ2n) is 5.37. The highest BCUT2D eigenvalue weighted by molar-refractivity contribution is 7.91. The molecule has 0 heterocycles. The zero-order chi connectivity index (χ0) is 15.2. The van der Waals surface area contributed by atoms with Crippen LogP contribution in [0.3, 0.4) is 0 Å². The van der Waals surface area contributed by atoms with Gasteiger partial charge in [0.15, 0.2) is 9.84 Å². The first-order valence-electron chi connectivity index (χ1n) is 7.44. The van der Waals surface area contributed by atoms with E-state index in [2.05, 4.69) is 19.2 Å². The molecule has 0 aromatic heterocycles. The van der Waals surface area contributed by atoms with E-state index in [0.29, 0.717) is 17.4 Å². The fourth-order valence-electron chi connectivity index (χ4n) is 2.28. The molecular formula is C16H27NO2S. The summed E-state index contributed by atoms with van der Waals surface area (Å²) in [5, 5.41) is 3.38. The molecule has 0 saturated heterocycles. The fraction of sp³-hybridized carbons (Fsp3) is 0.625. The summed E-state index contributed by atoms with van der Waals surface area (Å²) < 4.78 is 24.6. The van der Waals surface area contributed by atoms with Gasteiger partial charge in [-0.3, -0.25) is 0 Å². The Bertz CT molecular complexity index is 523. The van der Waals surface area contributed by atoms with Gasteiger partial charge in [0.25, 0.3) is 0 Å². The van der Waals surface area contributed by atoms with Crippen molar-refractivity contribution in [3.63, 3.8) is 0 Å². The first kappa shape index (κ1) is 17.2. The van der Waals surface area contributed by atoms with Crippen molar-refractivity contribution < 1.29 is 8.42 Å². The molecule has 0 amide bonds. The van der Waals surface area contributed by atoms with E-state index in [1.54, 1.807) is 12.1 Å². The molecule has 0 bridgehead atoms. The van der Waals surface area contributed by atoms with E-state index >= 15 is 0 Å². The van der Waals surface area contributed by atoms with Crippen LogP contribution in [0.2, 0.25) is 0 Å². The van der Waals surface area contributed by atoms with Gasteiger partial charge in [-0.25, -0.2) is 8.42 Å². The van der Waals surface area contributed by atoms with E-state index in [1.165, 1.54) is 0 Å². The van der Waals surface area contributed by atoms with Gasteiger partial charge in [-0.05, 0) is 62.9 Å². The van der Waals surface area contributed by atoms with Crippen molar-refractivity contribution in [1.29, 1.82) is 0 Å². The Morgan fingerprint density at radius 3 is 2.40 bits per heavy atom. The Morgan fingerprint density at radius 2 is 1.85 bits per heavy atom. The predicted octanol–water partition coefficient (Wildman–Crippen LogP) is 3.25. The molecule has 1 aromatic rings. The van der Waals surface area contributed by atoms with Crippen LogP contribution in [0.4, 0.5) is 0 Å². The minimum Gasteiger partial charge on any atom is -0.314 e. The molecular weight excluding hydrogens is 270 g/mol. The van der Waals surface area contributed by atoms with Gasteiger partial charge in [0.1, 0.15) is 0 Å². The Balaban J connectivity index is 2.63. The maximum Gasteiger partial charge on any atom is 0.178 e. The summed E-state index contributed by atoms with van der Waals surface area (Å²) in [4.78, 5) is 0.456. The van der Waals surface area contributed by atoms with Crippen molar-refractivity contribution in [2.24, 2.45) is 0 Å². The Kier molecular flexibility index (Phi) is 6.69. The van der Waals surface area contributed by atoms with E-state index in [1.807, 2.05) is 19.9 Å². The summed E-state index contributed by atoms with van der Waals surface area (Å²) >= 11 is 0. The minimum absolute atomic E-state index is 0.234. The topological polar surface area (TPSA) is 46.2 Å². The molecule has 4 heteroatoms. The van der Waals surface area contributed by atoms with Gasteiger partial charge in [0.2, 0.25) is 0 Å². The van der Waals surface area contributed by atoms with Crippen LogP contribution in [0.15, 0.2) is 23.1 Å². The first-order valence-corrected chi connectivity index (χ1v) is 9.09. The number of sulfone groups is 1. The molecule has 0 radical (unpaired) electrons. The van der Waals surface area contributed by atoms with Crippen molar-refractivity contribution in [1.82, 2.24) is 5.32 Å². The summed E-state index contributed by atoms with van der Waals surface area (Å²) in [6, 6.07) is 5.82. The molecule has 0 aliphatic rings. The first-order chi connectivity index (χ1) is 9.40. The molecule has 1 N–H and O–H groups in total. The highest BCUT2D eigenvalue weighted by atomic mass is 32.2. The monoisotopic (exact) mass is 297 g/mol. The Labute approximate surface area is 123 Å². The molecule has 1 rings (SSSR count). The lowest BCUT2D eigenvalue weighted by Gasteiger charge is -2.15. The number of benzene rings is 1. The largest absolute Gasteiger partial charge is 0.314 e. The van der Waals surface area contributed by atoms with E-state index in [-0.39, 0.29) is 5.75 Å². The molecule has 20 heavy (non-hydrogen) atoms. The van der Waals surface area contributed by atoms with Gasteiger partial charge >= 0.3 is 0 Å². The van der Waals surface area contributed by atoms with Crippen LogP contribution in [0.5, 0.6) is 0 Å². The number of hydrogen-bond donors (Lipinski definition) is 1. The SMILES string of the molecule is CCNC(CC)CCCS(=O)(=O)c1ccc(C)c(C)c1. The molecule has 114 valence electrons. The molecule has 0 saturated carbocycles. The van der Waals surface area contributed by atoms with Crippen molar-refractivity contribution >= 4 is 9.84 Å². The second-order valence-corrected chi connectivity index (χ2v) is 7.48. The minimum atomic E-state index is -3.15. The van der Waals surface area contributed by atoms with Crippen LogP contribution < -0.4 is 5.32 Å². The number of aryl methyl sites for hydroxylation is 2. The normalized spacial score (nSPS) is 13.4. The quantitative estimate of drug-likeness (QED) is 0.801. The average Bonchev–Trinajstić information content (AvgIpc) is 2.40. The summed E-state index contributed by atoms with van der Waals surface area (Å²) in [6.07, 6.45) is 2.66. The second kappa shape index (κ2) is 7.79. The van der Waals surface area contributed by atoms with Crippen molar-refractivity contribution in [2.75, 3.05) is 12.3 Å².